The van der Waals surface area contributed by atoms with E-state index >= 15 is 0 Å². The van der Waals surface area contributed by atoms with Crippen molar-refractivity contribution in [3.05, 3.63) is 63.9 Å². The molecule has 0 radical (unpaired) electrons. The van der Waals surface area contributed by atoms with Crippen molar-refractivity contribution in [3.63, 3.8) is 0 Å². The Labute approximate surface area is 179 Å². The molecule has 0 saturated carbocycles. The fourth-order valence-corrected chi connectivity index (χ4v) is 3.84. The highest BCUT2D eigenvalue weighted by atomic mass is 35.5. The minimum atomic E-state index is -1.45. The highest BCUT2D eigenvalue weighted by Crippen LogP contribution is 2.40. The van der Waals surface area contributed by atoms with Crippen LogP contribution >= 0.6 is 11.6 Å². The van der Waals surface area contributed by atoms with Gasteiger partial charge < -0.3 is 24.4 Å². The van der Waals surface area contributed by atoms with Gasteiger partial charge in [-0.2, -0.15) is 0 Å². The van der Waals surface area contributed by atoms with Gasteiger partial charge in [0.25, 0.3) is 0 Å². The first-order chi connectivity index (χ1) is 14.3. The number of hydrogen-bond acceptors (Lipinski definition) is 5. The zero-order valence-electron chi connectivity index (χ0n) is 16.8. The standard InChI is InChI=1S/C22H25ClF2O5/c1-3-29-19-7-4-13(9-17(19)25)8-14-10-15(5-6-16(14)23)22(28-2)11-18(26)21(27)20(12-24)30-22/h4-7,9-10,18,20-21,26-27H,3,8,11-12H2,1-2H3/t18?,20?,21-,22+/m0/s1. The summed E-state index contributed by atoms with van der Waals surface area (Å²) in [4.78, 5) is 0. The topological polar surface area (TPSA) is 68.2 Å². The van der Waals surface area contributed by atoms with E-state index in [1.165, 1.54) is 13.2 Å². The normalized spacial score (nSPS) is 26.6. The SMILES string of the molecule is CCOc1ccc(Cc2cc([C@@]3(OC)CC(O)[C@H](O)C(CF)O3)ccc2Cl)cc1F. The second-order valence-corrected chi connectivity index (χ2v) is 7.62. The maximum Gasteiger partial charge on any atom is 0.197 e. The number of ether oxygens (including phenoxy) is 3. The number of benzene rings is 2. The zero-order chi connectivity index (χ0) is 21.9. The first kappa shape index (κ1) is 22.9. The molecule has 1 heterocycles. The molecule has 164 valence electrons. The maximum atomic E-state index is 14.2. The van der Waals surface area contributed by atoms with E-state index in [9.17, 15) is 19.0 Å². The summed E-state index contributed by atoms with van der Waals surface area (Å²) in [6.07, 6.45) is -3.56. The molecule has 1 fully saturated rings. The minimum Gasteiger partial charge on any atom is -0.491 e. The smallest absolute Gasteiger partial charge is 0.197 e. The van der Waals surface area contributed by atoms with Crippen LogP contribution in [0.3, 0.4) is 0 Å². The number of alkyl halides is 1. The molecule has 0 aliphatic carbocycles. The third kappa shape index (κ3) is 4.60. The Hall–Kier alpha value is -1.77. The van der Waals surface area contributed by atoms with E-state index in [2.05, 4.69) is 0 Å². The lowest BCUT2D eigenvalue weighted by atomic mass is 9.89. The molecule has 1 saturated heterocycles. The van der Waals surface area contributed by atoms with E-state index in [0.717, 1.165) is 0 Å². The van der Waals surface area contributed by atoms with E-state index < -0.39 is 36.6 Å². The Morgan fingerprint density at radius 2 is 2.00 bits per heavy atom. The van der Waals surface area contributed by atoms with Crippen LogP contribution in [0.25, 0.3) is 0 Å². The van der Waals surface area contributed by atoms with E-state index in [4.69, 9.17) is 25.8 Å². The Bertz CT molecular complexity index is 881. The van der Waals surface area contributed by atoms with Gasteiger partial charge in [0, 0.05) is 24.1 Å². The Balaban J connectivity index is 1.91. The lowest BCUT2D eigenvalue weighted by Gasteiger charge is -2.44. The summed E-state index contributed by atoms with van der Waals surface area (Å²) >= 11 is 6.35. The van der Waals surface area contributed by atoms with Crippen LogP contribution in [0.1, 0.15) is 30.0 Å². The highest BCUT2D eigenvalue weighted by Gasteiger charge is 2.48. The molecule has 2 aromatic rings. The molecule has 0 aromatic heterocycles. The second-order valence-electron chi connectivity index (χ2n) is 7.21. The van der Waals surface area contributed by atoms with Crippen molar-refractivity contribution >= 4 is 11.6 Å². The summed E-state index contributed by atoms with van der Waals surface area (Å²) in [7, 11) is 1.38. The summed E-state index contributed by atoms with van der Waals surface area (Å²) in [5, 5.41) is 20.6. The summed E-state index contributed by atoms with van der Waals surface area (Å²) in [5.41, 5.74) is 1.87. The van der Waals surface area contributed by atoms with Crippen LogP contribution in [0, 0.1) is 5.82 Å². The van der Waals surface area contributed by atoms with Crippen molar-refractivity contribution in [3.8, 4) is 5.75 Å². The summed E-state index contributed by atoms with van der Waals surface area (Å²) in [6, 6.07) is 9.73. The van der Waals surface area contributed by atoms with Gasteiger partial charge in [-0.3, -0.25) is 0 Å². The van der Waals surface area contributed by atoms with Gasteiger partial charge in [0.15, 0.2) is 17.4 Å². The van der Waals surface area contributed by atoms with Crippen LogP contribution in [-0.4, -0.2) is 48.9 Å². The lowest BCUT2D eigenvalue weighted by Crippen LogP contribution is -2.54. The Kier molecular flexibility index (Phi) is 7.31. The molecule has 0 spiro atoms. The third-order valence-electron chi connectivity index (χ3n) is 5.25. The van der Waals surface area contributed by atoms with Crippen molar-refractivity contribution in [1.29, 1.82) is 0 Å². The highest BCUT2D eigenvalue weighted by molar-refractivity contribution is 6.31. The van der Waals surface area contributed by atoms with E-state index in [1.807, 2.05) is 0 Å². The molecule has 2 aromatic carbocycles. The largest absolute Gasteiger partial charge is 0.491 e. The van der Waals surface area contributed by atoms with E-state index in [0.29, 0.717) is 34.7 Å². The third-order valence-corrected chi connectivity index (χ3v) is 5.62. The van der Waals surface area contributed by atoms with E-state index in [1.54, 1.807) is 37.3 Å². The van der Waals surface area contributed by atoms with Crippen LogP contribution in [0.15, 0.2) is 36.4 Å². The number of rotatable bonds is 7. The van der Waals surface area contributed by atoms with E-state index in [-0.39, 0.29) is 12.2 Å². The number of hydrogen-bond donors (Lipinski definition) is 2. The lowest BCUT2D eigenvalue weighted by molar-refractivity contribution is -0.320. The summed E-state index contributed by atoms with van der Waals surface area (Å²) < 4.78 is 44.0. The average molecular weight is 443 g/mol. The molecule has 3 rings (SSSR count). The first-order valence-electron chi connectivity index (χ1n) is 9.68. The van der Waals surface area contributed by atoms with Crippen LogP contribution in [-0.2, 0) is 21.7 Å². The van der Waals surface area contributed by atoms with Crippen LogP contribution in [0.2, 0.25) is 5.02 Å². The van der Waals surface area contributed by atoms with Crippen molar-refractivity contribution in [2.45, 2.75) is 43.9 Å². The van der Waals surface area contributed by atoms with Crippen molar-refractivity contribution in [2.75, 3.05) is 20.4 Å². The monoisotopic (exact) mass is 442 g/mol. The molecule has 8 heteroatoms. The number of aliphatic hydroxyl groups excluding tert-OH is 2. The Morgan fingerprint density at radius 3 is 2.63 bits per heavy atom. The molecule has 2 unspecified atom stereocenters. The molecular weight excluding hydrogens is 418 g/mol. The van der Waals surface area contributed by atoms with Crippen LogP contribution in [0.5, 0.6) is 5.75 Å². The zero-order valence-corrected chi connectivity index (χ0v) is 17.5. The van der Waals surface area contributed by atoms with Crippen molar-refractivity contribution in [2.24, 2.45) is 0 Å². The molecule has 5 nitrogen and oxygen atoms in total. The quantitative estimate of drug-likeness (QED) is 0.683. The number of methoxy groups -OCH3 is 1. The predicted octanol–water partition coefficient (Wildman–Crippen LogP) is 3.75. The first-order valence-corrected chi connectivity index (χ1v) is 10.1. The fraction of sp³-hybridized carbons (Fsp3) is 0.455. The minimum absolute atomic E-state index is 0.0834. The summed E-state index contributed by atoms with van der Waals surface area (Å²) in [5.74, 6) is -1.73. The molecule has 0 bridgehead atoms. The maximum absolute atomic E-state index is 14.2. The average Bonchev–Trinajstić information content (AvgIpc) is 2.73. The number of halogens is 3. The summed E-state index contributed by atoms with van der Waals surface area (Å²) in [6.45, 7) is 1.17. The van der Waals surface area contributed by atoms with Gasteiger partial charge in [0.05, 0.1) is 12.7 Å². The van der Waals surface area contributed by atoms with Crippen molar-refractivity contribution < 1.29 is 33.2 Å². The van der Waals surface area contributed by atoms with Crippen LogP contribution < -0.4 is 4.74 Å². The van der Waals surface area contributed by atoms with Gasteiger partial charge in [0.1, 0.15) is 18.9 Å². The molecule has 0 amide bonds. The van der Waals surface area contributed by atoms with Gasteiger partial charge >= 0.3 is 0 Å². The van der Waals surface area contributed by atoms with Gasteiger partial charge in [-0.05, 0) is 48.7 Å². The Morgan fingerprint density at radius 1 is 1.23 bits per heavy atom. The molecule has 1 aliphatic heterocycles. The molecular formula is C22H25ClF2O5. The molecule has 30 heavy (non-hydrogen) atoms. The molecule has 1 aliphatic rings. The van der Waals surface area contributed by atoms with Gasteiger partial charge in [-0.15, -0.1) is 0 Å². The molecule has 4 atom stereocenters. The molecule has 2 N–H and O–H groups in total. The number of aliphatic hydroxyl groups is 2. The van der Waals surface area contributed by atoms with Gasteiger partial charge in [0.2, 0.25) is 0 Å². The predicted molar refractivity (Wildman–Crippen MR) is 108 cm³/mol. The fourth-order valence-electron chi connectivity index (χ4n) is 3.66. The second kappa shape index (κ2) is 9.58. The van der Waals surface area contributed by atoms with Gasteiger partial charge in [-0.25, -0.2) is 8.78 Å². The van der Waals surface area contributed by atoms with Gasteiger partial charge in [-0.1, -0.05) is 23.7 Å². The van der Waals surface area contributed by atoms with Crippen LogP contribution in [0.4, 0.5) is 8.78 Å². The van der Waals surface area contributed by atoms with Crippen molar-refractivity contribution in [1.82, 2.24) is 0 Å².